The zero-order valence-electron chi connectivity index (χ0n) is 22.5. The summed E-state index contributed by atoms with van der Waals surface area (Å²) in [5, 5.41) is 11.8. The van der Waals surface area contributed by atoms with E-state index in [2.05, 4.69) is 15.6 Å². The summed E-state index contributed by atoms with van der Waals surface area (Å²) < 4.78 is 9.27. The zero-order valence-corrected chi connectivity index (χ0v) is 22.5. The van der Waals surface area contributed by atoms with Crippen LogP contribution in [0.3, 0.4) is 0 Å². The molecule has 10 heteroatoms. The van der Waals surface area contributed by atoms with E-state index in [1.165, 1.54) is 6.07 Å². The highest BCUT2D eigenvalue weighted by atomic mass is 16.5. The summed E-state index contributed by atoms with van der Waals surface area (Å²) in [6.07, 6.45) is 5.25. The van der Waals surface area contributed by atoms with E-state index in [0.717, 1.165) is 35.5 Å². The number of pyridine rings is 1. The van der Waals surface area contributed by atoms with Gasteiger partial charge in [0.2, 0.25) is 11.8 Å². The van der Waals surface area contributed by atoms with Crippen LogP contribution in [-0.4, -0.2) is 62.5 Å². The van der Waals surface area contributed by atoms with Gasteiger partial charge in [-0.2, -0.15) is 0 Å². The fourth-order valence-electron chi connectivity index (χ4n) is 5.50. The molecule has 0 unspecified atom stereocenters. The van der Waals surface area contributed by atoms with Gasteiger partial charge in [-0.25, -0.2) is 0 Å². The van der Waals surface area contributed by atoms with Crippen LogP contribution >= 0.6 is 0 Å². The van der Waals surface area contributed by atoms with Gasteiger partial charge in [-0.3, -0.25) is 19.1 Å². The Morgan fingerprint density at radius 3 is 2.64 bits per heavy atom. The first-order valence-corrected chi connectivity index (χ1v) is 13.8. The minimum atomic E-state index is -0.661. The summed E-state index contributed by atoms with van der Waals surface area (Å²) >= 11 is 0. The van der Waals surface area contributed by atoms with Crippen molar-refractivity contribution in [2.24, 2.45) is 5.41 Å². The summed E-state index contributed by atoms with van der Waals surface area (Å²) in [7, 11) is 0. The average Bonchev–Trinajstić information content (AvgIpc) is 3.38. The van der Waals surface area contributed by atoms with E-state index in [9.17, 15) is 14.4 Å². The smallest absolute Gasteiger partial charge is 0.250 e. The number of carbonyl (C=O) groups is 2. The number of hydrogen-bond acceptors (Lipinski definition) is 6. The molecule has 0 atom stereocenters. The van der Waals surface area contributed by atoms with Crippen LogP contribution in [0.5, 0.6) is 5.75 Å². The van der Waals surface area contributed by atoms with E-state index >= 15 is 0 Å². The Morgan fingerprint density at radius 2 is 1.87 bits per heavy atom. The number of piperidine rings is 1. The van der Waals surface area contributed by atoms with Gasteiger partial charge in [0.1, 0.15) is 5.75 Å². The molecular formula is C29H36N6O4. The molecule has 1 saturated heterocycles. The lowest BCUT2D eigenvalue weighted by atomic mass is 9.74. The van der Waals surface area contributed by atoms with Crippen molar-refractivity contribution in [3.63, 3.8) is 0 Å². The lowest BCUT2D eigenvalue weighted by molar-refractivity contribution is -0.140. The van der Waals surface area contributed by atoms with Gasteiger partial charge < -0.3 is 19.5 Å². The van der Waals surface area contributed by atoms with Crippen molar-refractivity contribution in [1.29, 1.82) is 0 Å². The van der Waals surface area contributed by atoms with Crippen molar-refractivity contribution in [1.82, 2.24) is 29.8 Å². The molecule has 0 aliphatic carbocycles. The van der Waals surface area contributed by atoms with Crippen molar-refractivity contribution >= 4 is 11.8 Å². The number of aryl methyl sites for hydroxylation is 2. The Balaban J connectivity index is 1.27. The minimum Gasteiger partial charge on any atom is -0.494 e. The lowest BCUT2D eigenvalue weighted by Crippen LogP contribution is -2.51. The Bertz CT molecular complexity index is 1350. The molecule has 3 aromatic rings. The predicted octanol–water partition coefficient (Wildman–Crippen LogP) is 2.13. The number of nitrogens with one attached hydrogen (secondary N) is 1. The van der Waals surface area contributed by atoms with Gasteiger partial charge in [-0.05, 0) is 49.9 Å². The summed E-state index contributed by atoms with van der Waals surface area (Å²) in [6.45, 7) is 4.98. The molecule has 5 heterocycles. The quantitative estimate of drug-likeness (QED) is 0.553. The van der Waals surface area contributed by atoms with Crippen LogP contribution in [0.4, 0.5) is 0 Å². The van der Waals surface area contributed by atoms with Gasteiger partial charge in [0.15, 0.2) is 0 Å². The standard InChI is InChI=1S/C29H36N6O4/c1-22-4-2-5-27(37)35(22)16-11-26(36)33-17-12-29(13-18-33)20-24-21-34(32-31-24)15-3-19-39-25-8-6-23(7-9-25)10-14-30-28(29)38/h2,4-9,21H,3,10-20H2,1H3,(H,30,38). The molecule has 3 aliphatic rings. The second-order valence-electron chi connectivity index (χ2n) is 10.6. The SMILES string of the molecule is Cc1cccc(=O)n1CCC(=O)N1CCC2(CC1)Cc1cn(nn1)CCCOc1ccc(cc1)CCNC2=O. The van der Waals surface area contributed by atoms with E-state index < -0.39 is 5.41 Å². The van der Waals surface area contributed by atoms with Crippen LogP contribution in [0, 0.1) is 12.3 Å². The number of fused-ring (bicyclic) bond motifs is 8. The number of nitrogens with zero attached hydrogens (tertiary/aromatic N) is 5. The summed E-state index contributed by atoms with van der Waals surface area (Å²) in [4.78, 5) is 40.7. The molecule has 1 aromatic carbocycles. The number of ether oxygens (including phenoxy) is 1. The van der Waals surface area contributed by atoms with Crippen molar-refractivity contribution < 1.29 is 14.3 Å². The third kappa shape index (κ3) is 6.38. The van der Waals surface area contributed by atoms with Crippen LogP contribution < -0.4 is 15.6 Å². The van der Waals surface area contributed by atoms with Gasteiger partial charge in [0.25, 0.3) is 5.56 Å². The molecule has 206 valence electrons. The van der Waals surface area contributed by atoms with Crippen molar-refractivity contribution in [2.45, 2.75) is 58.5 Å². The van der Waals surface area contributed by atoms with E-state index in [1.54, 1.807) is 15.3 Å². The first-order valence-electron chi connectivity index (χ1n) is 13.8. The largest absolute Gasteiger partial charge is 0.494 e. The predicted molar refractivity (Wildman–Crippen MR) is 145 cm³/mol. The normalized spacial score (nSPS) is 17.9. The molecular weight excluding hydrogens is 496 g/mol. The Hall–Kier alpha value is -3.95. The number of aromatic nitrogens is 4. The summed E-state index contributed by atoms with van der Waals surface area (Å²) in [5.74, 6) is 0.832. The maximum absolute atomic E-state index is 13.6. The molecule has 1 fully saturated rings. The molecule has 3 aliphatic heterocycles. The van der Waals surface area contributed by atoms with Gasteiger partial charge in [0.05, 0.1) is 17.7 Å². The number of hydrogen-bond donors (Lipinski definition) is 1. The topological polar surface area (TPSA) is 111 Å². The Labute approximate surface area is 228 Å². The molecule has 10 nitrogen and oxygen atoms in total. The Morgan fingerprint density at radius 1 is 1.08 bits per heavy atom. The second-order valence-corrected chi connectivity index (χ2v) is 10.6. The molecule has 1 N–H and O–H groups in total. The molecule has 0 radical (unpaired) electrons. The maximum atomic E-state index is 13.6. The van der Waals surface area contributed by atoms with E-state index in [1.807, 2.05) is 48.4 Å². The minimum absolute atomic E-state index is 0.000110. The van der Waals surface area contributed by atoms with Crippen LogP contribution in [-0.2, 0) is 35.5 Å². The highest BCUT2D eigenvalue weighted by molar-refractivity contribution is 5.84. The number of amides is 2. The van der Waals surface area contributed by atoms with Gasteiger partial charge in [-0.15, -0.1) is 5.10 Å². The summed E-state index contributed by atoms with van der Waals surface area (Å²) in [6, 6.07) is 13.1. The van der Waals surface area contributed by atoms with Crippen molar-refractivity contribution in [2.75, 3.05) is 26.2 Å². The van der Waals surface area contributed by atoms with Crippen LogP contribution in [0.15, 0.2) is 53.5 Å². The molecule has 2 aromatic heterocycles. The first-order chi connectivity index (χ1) is 18.9. The number of rotatable bonds is 3. The molecule has 4 bridgehead atoms. The number of likely N-dealkylation sites (tertiary alicyclic amines) is 1. The highest BCUT2D eigenvalue weighted by Gasteiger charge is 2.42. The fourth-order valence-corrected chi connectivity index (χ4v) is 5.50. The van der Waals surface area contributed by atoms with Gasteiger partial charge in [0, 0.05) is 69.9 Å². The second kappa shape index (κ2) is 11.8. The summed E-state index contributed by atoms with van der Waals surface area (Å²) in [5.41, 5.74) is 1.99. The van der Waals surface area contributed by atoms with Crippen LogP contribution in [0.25, 0.3) is 0 Å². The third-order valence-electron chi connectivity index (χ3n) is 7.90. The van der Waals surface area contributed by atoms with Gasteiger partial charge in [-0.1, -0.05) is 23.4 Å². The first kappa shape index (κ1) is 26.6. The number of benzene rings is 1. The van der Waals surface area contributed by atoms with Crippen molar-refractivity contribution in [3.8, 4) is 5.75 Å². The molecule has 0 saturated carbocycles. The van der Waals surface area contributed by atoms with E-state index in [4.69, 9.17) is 4.74 Å². The highest BCUT2D eigenvalue weighted by Crippen LogP contribution is 2.35. The number of carbonyl (C=O) groups excluding carboxylic acids is 2. The monoisotopic (exact) mass is 532 g/mol. The van der Waals surface area contributed by atoms with Gasteiger partial charge >= 0.3 is 0 Å². The van der Waals surface area contributed by atoms with E-state index in [-0.39, 0.29) is 23.8 Å². The van der Waals surface area contributed by atoms with Crippen LogP contribution in [0.2, 0.25) is 0 Å². The molecule has 2 amide bonds. The van der Waals surface area contributed by atoms with Crippen LogP contribution in [0.1, 0.15) is 42.6 Å². The molecule has 39 heavy (non-hydrogen) atoms. The lowest BCUT2D eigenvalue weighted by Gasteiger charge is -2.40. The average molecular weight is 533 g/mol. The third-order valence-corrected chi connectivity index (χ3v) is 7.90. The zero-order chi connectivity index (χ0) is 27.2. The molecule has 1 spiro atoms. The van der Waals surface area contributed by atoms with E-state index in [0.29, 0.717) is 58.6 Å². The fraction of sp³-hybridized carbons (Fsp3) is 0.483. The molecule has 6 rings (SSSR count). The van der Waals surface area contributed by atoms with Crippen molar-refractivity contribution in [3.05, 3.63) is 76.0 Å². The maximum Gasteiger partial charge on any atom is 0.250 e. The Kier molecular flexibility index (Phi) is 8.09.